The normalized spacial score (nSPS) is 12.4. The molecule has 0 spiro atoms. The van der Waals surface area contributed by atoms with Gasteiger partial charge in [-0.15, -0.1) is 0 Å². The van der Waals surface area contributed by atoms with Crippen molar-refractivity contribution in [2.75, 3.05) is 13.2 Å². The number of aliphatic hydroxyl groups is 2. The second kappa shape index (κ2) is 66.4. The monoisotopic (exact) mass is 1070 g/mol. The fraction of sp³-hybridized carbons (Fsp3) is 0.971. The van der Waals surface area contributed by atoms with Gasteiger partial charge in [-0.05, 0) is 25.7 Å². The second-order valence-corrected chi connectivity index (χ2v) is 24.6. The Balaban J connectivity index is 3.36. The predicted molar refractivity (Wildman–Crippen MR) is 334 cm³/mol. The van der Waals surface area contributed by atoms with E-state index >= 15 is 0 Å². The molecule has 76 heavy (non-hydrogen) atoms. The lowest BCUT2D eigenvalue weighted by molar-refractivity contribution is -0.143. The first-order chi connectivity index (χ1) is 37.5. The van der Waals surface area contributed by atoms with Gasteiger partial charge in [-0.25, -0.2) is 0 Å². The van der Waals surface area contributed by atoms with E-state index in [1.807, 2.05) is 0 Å². The summed E-state index contributed by atoms with van der Waals surface area (Å²) in [4.78, 5) is 24.6. The van der Waals surface area contributed by atoms with Crippen molar-refractivity contribution in [3.63, 3.8) is 0 Å². The Morgan fingerprint density at radius 1 is 0.316 bits per heavy atom. The average Bonchev–Trinajstić information content (AvgIpc) is 3.42. The van der Waals surface area contributed by atoms with Gasteiger partial charge >= 0.3 is 5.97 Å². The van der Waals surface area contributed by atoms with E-state index in [1.54, 1.807) is 0 Å². The van der Waals surface area contributed by atoms with Crippen LogP contribution in [0.2, 0.25) is 0 Å². The molecule has 0 heterocycles. The number of hydrogen-bond acceptors (Lipinski definition) is 5. The van der Waals surface area contributed by atoms with Gasteiger partial charge in [0, 0.05) is 12.8 Å². The molecule has 0 rings (SSSR count). The number of carbonyl (C=O) groups is 2. The number of rotatable bonds is 67. The van der Waals surface area contributed by atoms with Gasteiger partial charge in [-0.1, -0.05) is 373 Å². The Bertz CT molecular complexity index is 1100. The molecule has 2 unspecified atom stereocenters. The lowest BCUT2D eigenvalue weighted by Gasteiger charge is -2.22. The summed E-state index contributed by atoms with van der Waals surface area (Å²) < 4.78 is 5.50. The first-order valence-corrected chi connectivity index (χ1v) is 35.3. The standard InChI is InChI=1S/C70H139NO5/c1-3-5-7-9-11-13-15-17-19-21-22-23-25-28-31-34-38-42-46-50-54-58-62-68(73)67(66-72)71-69(74)63-59-55-51-47-43-39-35-32-29-26-24-27-30-33-37-41-45-49-53-57-61-65-76-70(75)64-60-56-52-48-44-40-36-20-18-16-14-12-10-8-6-4-2/h67-68,72-73H,3-66H2,1-2H3,(H,71,74). The second-order valence-electron chi connectivity index (χ2n) is 24.6. The Kier molecular flexibility index (Phi) is 65.4. The predicted octanol–water partition coefficient (Wildman–Crippen LogP) is 22.6. The summed E-state index contributed by atoms with van der Waals surface area (Å²) in [5.41, 5.74) is 0. The molecule has 0 bridgehead atoms. The highest BCUT2D eigenvalue weighted by atomic mass is 16.5. The summed E-state index contributed by atoms with van der Waals surface area (Å²) in [5.74, 6) is -0.0131. The van der Waals surface area contributed by atoms with Crippen molar-refractivity contribution in [1.29, 1.82) is 0 Å². The molecule has 0 aromatic carbocycles. The van der Waals surface area contributed by atoms with Crippen molar-refractivity contribution in [3.8, 4) is 0 Å². The number of hydrogen-bond donors (Lipinski definition) is 3. The van der Waals surface area contributed by atoms with E-state index in [0.29, 0.717) is 25.9 Å². The van der Waals surface area contributed by atoms with Crippen molar-refractivity contribution in [1.82, 2.24) is 5.32 Å². The van der Waals surface area contributed by atoms with E-state index < -0.39 is 12.1 Å². The molecule has 454 valence electrons. The topological polar surface area (TPSA) is 95.9 Å². The Hall–Kier alpha value is -1.14. The summed E-state index contributed by atoms with van der Waals surface area (Å²) in [5, 5.41) is 23.4. The molecule has 0 fully saturated rings. The van der Waals surface area contributed by atoms with Crippen LogP contribution in [0.3, 0.4) is 0 Å². The maximum atomic E-state index is 12.5. The van der Waals surface area contributed by atoms with Crippen molar-refractivity contribution in [2.24, 2.45) is 0 Å². The maximum Gasteiger partial charge on any atom is 0.305 e. The van der Waals surface area contributed by atoms with Crippen LogP contribution in [-0.4, -0.2) is 47.4 Å². The average molecular weight is 1070 g/mol. The van der Waals surface area contributed by atoms with E-state index in [1.165, 1.54) is 340 Å². The highest BCUT2D eigenvalue weighted by Gasteiger charge is 2.20. The van der Waals surface area contributed by atoms with Crippen LogP contribution in [0.1, 0.15) is 412 Å². The molecular formula is C70H139NO5. The molecule has 0 aliphatic rings. The molecule has 2 atom stereocenters. The molecule has 0 saturated carbocycles. The molecule has 1 amide bonds. The van der Waals surface area contributed by atoms with Gasteiger partial charge in [0.05, 0.1) is 25.4 Å². The van der Waals surface area contributed by atoms with Crippen LogP contribution >= 0.6 is 0 Å². The van der Waals surface area contributed by atoms with E-state index in [2.05, 4.69) is 19.2 Å². The highest BCUT2D eigenvalue weighted by molar-refractivity contribution is 5.76. The number of esters is 1. The molecule has 6 nitrogen and oxygen atoms in total. The number of aliphatic hydroxyl groups excluding tert-OH is 2. The van der Waals surface area contributed by atoms with Crippen LogP contribution in [0.4, 0.5) is 0 Å². The fourth-order valence-electron chi connectivity index (χ4n) is 11.5. The lowest BCUT2D eigenvalue weighted by atomic mass is 10.0. The number of carbonyl (C=O) groups excluding carboxylic acids is 2. The largest absolute Gasteiger partial charge is 0.466 e. The zero-order chi connectivity index (χ0) is 55.0. The van der Waals surface area contributed by atoms with Crippen molar-refractivity contribution in [3.05, 3.63) is 0 Å². The van der Waals surface area contributed by atoms with Gasteiger partial charge in [0.1, 0.15) is 0 Å². The Morgan fingerprint density at radius 2 is 0.539 bits per heavy atom. The third-order valence-corrected chi connectivity index (χ3v) is 16.9. The molecule has 3 N–H and O–H groups in total. The Labute approximate surface area is 476 Å². The van der Waals surface area contributed by atoms with Crippen molar-refractivity contribution < 1.29 is 24.5 Å². The van der Waals surface area contributed by atoms with Gasteiger partial charge in [-0.2, -0.15) is 0 Å². The molecule has 0 aromatic rings. The summed E-state index contributed by atoms with van der Waals surface area (Å²) in [6.07, 6.45) is 80.0. The summed E-state index contributed by atoms with van der Waals surface area (Å²) in [7, 11) is 0. The molecule has 0 saturated heterocycles. The van der Waals surface area contributed by atoms with Crippen LogP contribution in [0.25, 0.3) is 0 Å². The summed E-state index contributed by atoms with van der Waals surface area (Å²) in [6, 6.07) is -0.542. The van der Waals surface area contributed by atoms with Crippen LogP contribution in [0, 0.1) is 0 Å². The van der Waals surface area contributed by atoms with Crippen LogP contribution in [-0.2, 0) is 14.3 Å². The first-order valence-electron chi connectivity index (χ1n) is 35.3. The van der Waals surface area contributed by atoms with E-state index in [-0.39, 0.29) is 18.5 Å². The van der Waals surface area contributed by atoms with Gasteiger partial charge in [-0.3, -0.25) is 9.59 Å². The number of unbranched alkanes of at least 4 members (excludes halogenated alkanes) is 56. The lowest BCUT2D eigenvalue weighted by Crippen LogP contribution is -2.45. The van der Waals surface area contributed by atoms with Crippen molar-refractivity contribution in [2.45, 2.75) is 424 Å². The number of ether oxygens (including phenoxy) is 1. The van der Waals surface area contributed by atoms with E-state index in [9.17, 15) is 19.8 Å². The van der Waals surface area contributed by atoms with Crippen LogP contribution in [0.15, 0.2) is 0 Å². The van der Waals surface area contributed by atoms with E-state index in [0.717, 1.165) is 38.5 Å². The molecule has 0 radical (unpaired) electrons. The minimum atomic E-state index is -0.665. The van der Waals surface area contributed by atoms with Crippen LogP contribution < -0.4 is 5.32 Å². The molecule has 0 aliphatic heterocycles. The zero-order valence-electron chi connectivity index (χ0n) is 52.0. The third-order valence-electron chi connectivity index (χ3n) is 16.9. The van der Waals surface area contributed by atoms with Gasteiger partial charge in [0.15, 0.2) is 0 Å². The van der Waals surface area contributed by atoms with Gasteiger partial charge in [0.25, 0.3) is 0 Å². The van der Waals surface area contributed by atoms with Crippen LogP contribution in [0.5, 0.6) is 0 Å². The quantitative estimate of drug-likeness (QED) is 0.0417. The molecule has 0 aliphatic carbocycles. The molecular weight excluding hydrogens is 935 g/mol. The SMILES string of the molecule is CCCCCCCCCCCCCCCCCCCCCCCCC(O)C(CO)NC(=O)CCCCCCCCCCCCCCCCCCCCCCCOC(=O)CCCCCCCCCCCCCCCCCC. The molecule has 6 heteroatoms. The fourth-order valence-corrected chi connectivity index (χ4v) is 11.5. The minimum Gasteiger partial charge on any atom is -0.466 e. The Morgan fingerprint density at radius 3 is 0.803 bits per heavy atom. The zero-order valence-corrected chi connectivity index (χ0v) is 52.0. The summed E-state index contributed by atoms with van der Waals surface area (Å²) in [6.45, 7) is 5.00. The first kappa shape index (κ1) is 74.9. The molecule has 0 aromatic heterocycles. The van der Waals surface area contributed by atoms with Gasteiger partial charge < -0.3 is 20.3 Å². The third kappa shape index (κ3) is 62.1. The smallest absolute Gasteiger partial charge is 0.305 e. The maximum absolute atomic E-state index is 12.5. The highest BCUT2D eigenvalue weighted by Crippen LogP contribution is 2.20. The minimum absolute atomic E-state index is 0.0171. The summed E-state index contributed by atoms with van der Waals surface area (Å²) >= 11 is 0. The number of nitrogens with one attached hydrogen (secondary N) is 1. The van der Waals surface area contributed by atoms with E-state index in [4.69, 9.17) is 4.74 Å². The number of amides is 1. The van der Waals surface area contributed by atoms with Gasteiger partial charge in [0.2, 0.25) is 5.91 Å². The van der Waals surface area contributed by atoms with Crippen molar-refractivity contribution >= 4 is 11.9 Å².